The number of nitrogens with zero attached hydrogens (tertiary/aromatic N) is 2. The highest BCUT2D eigenvalue weighted by Crippen LogP contribution is 2.33. The zero-order chi connectivity index (χ0) is 16.3. The van der Waals surface area contributed by atoms with Crippen molar-refractivity contribution in [3.05, 3.63) is 29.3 Å². The van der Waals surface area contributed by atoms with E-state index in [0.29, 0.717) is 30.0 Å². The number of carbonyl (C=O) groups is 1. The van der Waals surface area contributed by atoms with Crippen molar-refractivity contribution >= 4 is 22.3 Å². The Bertz CT molecular complexity index is 645. The van der Waals surface area contributed by atoms with Crippen molar-refractivity contribution in [3.63, 3.8) is 0 Å². The van der Waals surface area contributed by atoms with Crippen LogP contribution in [0.25, 0.3) is 0 Å². The van der Waals surface area contributed by atoms with Crippen LogP contribution in [0, 0.1) is 11.3 Å². The van der Waals surface area contributed by atoms with E-state index in [4.69, 9.17) is 0 Å². The number of Topliss-reactive ketones (excluding diaryl/α,β-unsaturated/α-hetero) is 1. The predicted octanol–water partition coefficient (Wildman–Crippen LogP) is 2.89. The number of hydrogen-bond donors (Lipinski definition) is 0. The van der Waals surface area contributed by atoms with Gasteiger partial charge in [0.2, 0.25) is 0 Å². The van der Waals surface area contributed by atoms with Crippen LogP contribution in [0.2, 0.25) is 0 Å². The van der Waals surface area contributed by atoms with E-state index in [0.717, 1.165) is 18.5 Å². The summed E-state index contributed by atoms with van der Waals surface area (Å²) in [4.78, 5) is 13.7. The fourth-order valence-corrected chi connectivity index (χ4v) is 4.78. The Labute approximate surface area is 134 Å². The van der Waals surface area contributed by atoms with Crippen LogP contribution in [-0.2, 0) is 10.8 Å². The molecule has 0 bridgehead atoms. The van der Waals surface area contributed by atoms with Crippen LogP contribution in [0.15, 0.2) is 18.2 Å². The van der Waals surface area contributed by atoms with Crippen molar-refractivity contribution in [2.75, 3.05) is 23.7 Å². The molecule has 1 atom stereocenters. The molecule has 0 spiro atoms. The Morgan fingerprint density at radius 3 is 2.64 bits per heavy atom. The molecule has 1 aromatic rings. The first-order valence-electron chi connectivity index (χ1n) is 7.66. The van der Waals surface area contributed by atoms with Crippen molar-refractivity contribution in [1.29, 1.82) is 5.26 Å². The summed E-state index contributed by atoms with van der Waals surface area (Å²) in [5, 5.41) is 9.35. The van der Waals surface area contributed by atoms with Gasteiger partial charge in [-0.1, -0.05) is 13.8 Å². The zero-order valence-electron chi connectivity index (χ0n) is 13.4. The first-order valence-corrected chi connectivity index (χ1v) is 8.98. The molecule has 4 nitrogen and oxygen atoms in total. The molecule has 22 heavy (non-hydrogen) atoms. The molecule has 2 rings (SSSR count). The van der Waals surface area contributed by atoms with E-state index >= 15 is 0 Å². The molecule has 0 amide bonds. The number of nitriles is 1. The van der Waals surface area contributed by atoms with Crippen LogP contribution in [0.3, 0.4) is 0 Å². The number of anilines is 1. The summed E-state index contributed by atoms with van der Waals surface area (Å²) in [6, 6.07) is 7.40. The van der Waals surface area contributed by atoms with E-state index in [1.165, 1.54) is 6.92 Å². The van der Waals surface area contributed by atoms with E-state index in [-0.39, 0.29) is 10.5 Å². The summed E-state index contributed by atoms with van der Waals surface area (Å²) >= 11 is 0. The van der Waals surface area contributed by atoms with Crippen LogP contribution in [0.1, 0.15) is 49.5 Å². The van der Waals surface area contributed by atoms with Gasteiger partial charge in [-0.15, -0.1) is 0 Å². The average molecular weight is 318 g/mol. The van der Waals surface area contributed by atoms with Gasteiger partial charge in [-0.25, -0.2) is 0 Å². The largest absolute Gasteiger partial charge is 0.368 e. The highest BCUT2D eigenvalue weighted by molar-refractivity contribution is 7.86. The second kappa shape index (κ2) is 6.62. The van der Waals surface area contributed by atoms with Gasteiger partial charge in [-0.05, 0) is 38.0 Å². The number of carbonyl (C=O) groups excluding carboxylic acids is 1. The quantitative estimate of drug-likeness (QED) is 0.801. The standard InChI is InChI=1S/C17H22N2O2S/c1-4-17(5-2)12-19(8-9-22(17)21)16-10-14(13(3)20)6-7-15(16)11-18/h6-7,10H,4-5,8-9,12H2,1-3H3. The highest BCUT2D eigenvalue weighted by Gasteiger charge is 2.39. The maximum atomic E-state index is 12.5. The Morgan fingerprint density at radius 1 is 1.41 bits per heavy atom. The van der Waals surface area contributed by atoms with Crippen LogP contribution >= 0.6 is 0 Å². The Hall–Kier alpha value is -1.67. The van der Waals surface area contributed by atoms with Gasteiger partial charge in [-0.3, -0.25) is 9.00 Å². The number of ketones is 1. The summed E-state index contributed by atoms with van der Waals surface area (Å²) in [6.07, 6.45) is 1.70. The average Bonchev–Trinajstić information content (AvgIpc) is 2.55. The van der Waals surface area contributed by atoms with Gasteiger partial charge in [0, 0.05) is 35.2 Å². The summed E-state index contributed by atoms with van der Waals surface area (Å²) in [5.74, 6) is 0.597. The SMILES string of the molecule is CCC1(CC)CN(c2cc(C(C)=O)ccc2C#N)CCS1=O. The molecule has 0 aromatic heterocycles. The molecular formula is C17H22N2O2S. The molecule has 1 saturated heterocycles. The van der Waals surface area contributed by atoms with E-state index in [1.54, 1.807) is 18.2 Å². The van der Waals surface area contributed by atoms with E-state index < -0.39 is 10.8 Å². The van der Waals surface area contributed by atoms with Crippen LogP contribution in [-0.4, -0.2) is 33.6 Å². The minimum Gasteiger partial charge on any atom is -0.368 e. The van der Waals surface area contributed by atoms with Crippen molar-refractivity contribution in [3.8, 4) is 6.07 Å². The van der Waals surface area contributed by atoms with Gasteiger partial charge in [-0.2, -0.15) is 5.26 Å². The fraction of sp³-hybridized carbons (Fsp3) is 0.529. The molecule has 0 aliphatic carbocycles. The normalized spacial score (nSPS) is 20.5. The van der Waals surface area contributed by atoms with E-state index in [9.17, 15) is 14.3 Å². The summed E-state index contributed by atoms with van der Waals surface area (Å²) in [7, 11) is -0.845. The Morgan fingerprint density at radius 2 is 2.09 bits per heavy atom. The lowest BCUT2D eigenvalue weighted by molar-refractivity contribution is 0.101. The van der Waals surface area contributed by atoms with E-state index in [1.807, 2.05) is 0 Å². The minimum atomic E-state index is -0.845. The topological polar surface area (TPSA) is 61.2 Å². The number of hydrogen-bond acceptors (Lipinski definition) is 4. The zero-order valence-corrected chi connectivity index (χ0v) is 14.2. The Kier molecular flexibility index (Phi) is 5.02. The molecule has 1 unspecified atom stereocenters. The molecule has 0 saturated carbocycles. The molecule has 1 aromatic carbocycles. The van der Waals surface area contributed by atoms with Crippen molar-refractivity contribution in [2.24, 2.45) is 0 Å². The van der Waals surface area contributed by atoms with Gasteiger partial charge in [0.25, 0.3) is 0 Å². The third-order valence-electron chi connectivity index (χ3n) is 4.66. The molecule has 1 heterocycles. The molecule has 5 heteroatoms. The summed E-state index contributed by atoms with van der Waals surface area (Å²) in [5.41, 5.74) is 1.97. The molecule has 1 aliphatic heterocycles. The lowest BCUT2D eigenvalue weighted by Gasteiger charge is -2.42. The van der Waals surface area contributed by atoms with E-state index in [2.05, 4.69) is 24.8 Å². The van der Waals surface area contributed by atoms with Crippen molar-refractivity contribution in [2.45, 2.75) is 38.4 Å². The maximum Gasteiger partial charge on any atom is 0.159 e. The lowest BCUT2D eigenvalue weighted by atomic mass is 9.99. The molecule has 1 aliphatic rings. The monoisotopic (exact) mass is 318 g/mol. The lowest BCUT2D eigenvalue weighted by Crippen LogP contribution is -2.53. The molecule has 0 N–H and O–H groups in total. The van der Waals surface area contributed by atoms with Crippen LogP contribution in [0.4, 0.5) is 5.69 Å². The molecular weight excluding hydrogens is 296 g/mol. The first-order chi connectivity index (χ1) is 10.5. The third-order valence-corrected chi connectivity index (χ3v) is 6.89. The van der Waals surface area contributed by atoms with Crippen molar-refractivity contribution in [1.82, 2.24) is 0 Å². The Balaban J connectivity index is 2.43. The second-order valence-electron chi connectivity index (χ2n) is 5.76. The van der Waals surface area contributed by atoms with Gasteiger partial charge in [0.05, 0.1) is 16.0 Å². The maximum absolute atomic E-state index is 12.5. The van der Waals surface area contributed by atoms with Gasteiger partial charge in [0.15, 0.2) is 5.78 Å². The smallest absolute Gasteiger partial charge is 0.159 e. The molecule has 118 valence electrons. The highest BCUT2D eigenvalue weighted by atomic mass is 32.2. The summed E-state index contributed by atoms with van der Waals surface area (Å²) < 4.78 is 12.2. The summed E-state index contributed by atoms with van der Waals surface area (Å²) in [6.45, 7) is 7.00. The van der Waals surface area contributed by atoms with Crippen LogP contribution in [0.5, 0.6) is 0 Å². The van der Waals surface area contributed by atoms with Crippen LogP contribution < -0.4 is 4.90 Å². The van der Waals surface area contributed by atoms with Gasteiger partial charge in [0.1, 0.15) is 6.07 Å². The fourth-order valence-electron chi connectivity index (χ4n) is 3.02. The number of rotatable bonds is 4. The second-order valence-corrected chi connectivity index (χ2v) is 7.73. The predicted molar refractivity (Wildman–Crippen MR) is 89.7 cm³/mol. The van der Waals surface area contributed by atoms with Gasteiger partial charge < -0.3 is 4.90 Å². The minimum absolute atomic E-state index is 0.0106. The van der Waals surface area contributed by atoms with Gasteiger partial charge >= 0.3 is 0 Å². The first kappa shape index (κ1) is 16.7. The van der Waals surface area contributed by atoms with Crippen molar-refractivity contribution < 1.29 is 9.00 Å². The third kappa shape index (κ3) is 2.93. The molecule has 0 radical (unpaired) electrons. The number of benzene rings is 1. The molecule has 1 fully saturated rings.